The Morgan fingerprint density at radius 3 is 2.95 bits per heavy atom. The van der Waals surface area contributed by atoms with Gasteiger partial charge in [0.25, 0.3) is 0 Å². The van der Waals surface area contributed by atoms with E-state index in [0.717, 1.165) is 24.8 Å². The molecule has 0 N–H and O–H groups in total. The van der Waals surface area contributed by atoms with E-state index in [9.17, 15) is 0 Å². The third-order valence-corrected chi connectivity index (χ3v) is 4.82. The summed E-state index contributed by atoms with van der Waals surface area (Å²) in [6.45, 7) is 8.98. The fourth-order valence-corrected chi connectivity index (χ4v) is 3.66. The second-order valence-electron chi connectivity index (χ2n) is 6.18. The van der Waals surface area contributed by atoms with Gasteiger partial charge in [-0.15, -0.1) is 0 Å². The molecule has 1 aromatic heterocycles. The molecule has 0 aromatic carbocycles. The predicted octanol–water partition coefficient (Wildman–Crippen LogP) is 1.87. The lowest BCUT2D eigenvalue weighted by molar-refractivity contribution is 0.00798. The van der Waals surface area contributed by atoms with Crippen LogP contribution in [0.3, 0.4) is 0 Å². The molecule has 2 aliphatic heterocycles. The molecule has 0 amide bonds. The molecule has 3 heterocycles. The highest BCUT2D eigenvalue weighted by atomic mass is 16.5. The summed E-state index contributed by atoms with van der Waals surface area (Å²) >= 11 is 0. The zero-order valence-corrected chi connectivity index (χ0v) is 12.7. The molecule has 2 fully saturated rings. The van der Waals surface area contributed by atoms with Crippen LogP contribution in [0.1, 0.15) is 44.3 Å². The van der Waals surface area contributed by atoms with Gasteiger partial charge >= 0.3 is 0 Å². The van der Waals surface area contributed by atoms with Crippen molar-refractivity contribution in [3.8, 4) is 0 Å². The lowest BCUT2D eigenvalue weighted by atomic mass is 9.95. The van der Waals surface area contributed by atoms with Crippen LogP contribution in [0.5, 0.6) is 0 Å². The van der Waals surface area contributed by atoms with Crippen LogP contribution in [0.2, 0.25) is 0 Å². The van der Waals surface area contributed by atoms with Gasteiger partial charge in [-0.25, -0.2) is 0 Å². The molecule has 1 aromatic rings. The van der Waals surface area contributed by atoms with E-state index in [-0.39, 0.29) is 0 Å². The maximum Gasteiger partial charge on any atom is 0.223 e. The molecular weight excluding hydrogens is 252 g/mol. The van der Waals surface area contributed by atoms with E-state index in [2.05, 4.69) is 26.9 Å². The van der Waals surface area contributed by atoms with Crippen molar-refractivity contribution < 1.29 is 4.52 Å². The molecule has 5 nitrogen and oxygen atoms in total. The molecule has 0 radical (unpaired) electrons. The van der Waals surface area contributed by atoms with Crippen molar-refractivity contribution in [2.75, 3.05) is 26.2 Å². The summed E-state index contributed by atoms with van der Waals surface area (Å²) in [5.41, 5.74) is 0. The highest BCUT2D eigenvalue weighted by molar-refractivity contribution is 4.92. The minimum absolute atomic E-state index is 0.671. The maximum absolute atomic E-state index is 5.06. The zero-order chi connectivity index (χ0) is 13.9. The number of hydrogen-bond donors (Lipinski definition) is 0. The van der Waals surface area contributed by atoms with Gasteiger partial charge in [-0.3, -0.25) is 9.80 Å². The van der Waals surface area contributed by atoms with Crippen molar-refractivity contribution in [3.63, 3.8) is 0 Å². The van der Waals surface area contributed by atoms with E-state index in [4.69, 9.17) is 4.52 Å². The van der Waals surface area contributed by atoms with Gasteiger partial charge < -0.3 is 4.52 Å². The minimum Gasteiger partial charge on any atom is -0.340 e. The van der Waals surface area contributed by atoms with Crippen LogP contribution in [0.15, 0.2) is 4.52 Å². The molecule has 5 heteroatoms. The van der Waals surface area contributed by atoms with Crippen molar-refractivity contribution in [1.29, 1.82) is 0 Å². The number of piperidine rings is 1. The largest absolute Gasteiger partial charge is 0.340 e. The minimum atomic E-state index is 0.671. The van der Waals surface area contributed by atoms with Crippen molar-refractivity contribution in [1.82, 2.24) is 19.9 Å². The molecule has 2 atom stereocenters. The van der Waals surface area contributed by atoms with Crippen LogP contribution < -0.4 is 0 Å². The van der Waals surface area contributed by atoms with E-state index >= 15 is 0 Å². The van der Waals surface area contributed by atoms with Crippen LogP contribution in [-0.2, 0) is 6.42 Å². The van der Waals surface area contributed by atoms with Crippen LogP contribution >= 0.6 is 0 Å². The summed E-state index contributed by atoms with van der Waals surface area (Å²) < 4.78 is 5.06. The second-order valence-corrected chi connectivity index (χ2v) is 6.18. The molecule has 3 rings (SSSR count). The number of aromatic nitrogens is 2. The number of aryl methyl sites for hydroxylation is 1. The standard InChI is InChI=1S/C15H26N4O/c1-3-13-10-18-8-5-4-6-14(18)11-19(13)9-7-15-16-12(2)20-17-15/h13-14H,3-11H2,1-2H3. The van der Waals surface area contributed by atoms with Gasteiger partial charge in [0.05, 0.1) is 0 Å². The Morgan fingerprint density at radius 2 is 2.20 bits per heavy atom. The lowest BCUT2D eigenvalue weighted by Crippen LogP contribution is -2.59. The van der Waals surface area contributed by atoms with Crippen LogP contribution in [-0.4, -0.2) is 58.2 Å². The summed E-state index contributed by atoms with van der Waals surface area (Å²) in [4.78, 5) is 9.68. The SMILES string of the molecule is CCC1CN2CCCCC2CN1CCc1noc(C)n1. The summed E-state index contributed by atoms with van der Waals surface area (Å²) in [6.07, 6.45) is 6.29. The number of piperazine rings is 1. The number of nitrogens with zero attached hydrogens (tertiary/aromatic N) is 4. The Kier molecular flexibility index (Phi) is 4.36. The molecule has 0 spiro atoms. The Bertz CT molecular complexity index is 433. The quantitative estimate of drug-likeness (QED) is 0.841. The summed E-state index contributed by atoms with van der Waals surface area (Å²) in [7, 11) is 0. The first-order chi connectivity index (χ1) is 9.76. The third kappa shape index (κ3) is 3.04. The fourth-order valence-electron chi connectivity index (χ4n) is 3.66. The average molecular weight is 278 g/mol. The highest BCUT2D eigenvalue weighted by Crippen LogP contribution is 2.25. The van der Waals surface area contributed by atoms with Crippen LogP contribution in [0.4, 0.5) is 0 Å². The first kappa shape index (κ1) is 14.0. The van der Waals surface area contributed by atoms with Gasteiger partial charge in [-0.1, -0.05) is 18.5 Å². The first-order valence-corrected chi connectivity index (χ1v) is 8.03. The van der Waals surface area contributed by atoms with Gasteiger partial charge in [0, 0.05) is 45.1 Å². The summed E-state index contributed by atoms with van der Waals surface area (Å²) in [5, 5.41) is 4.01. The molecule has 20 heavy (non-hydrogen) atoms. The predicted molar refractivity (Wildman–Crippen MR) is 77.6 cm³/mol. The van der Waals surface area contributed by atoms with Crippen molar-refractivity contribution in [2.45, 2.75) is 58.0 Å². The molecule has 2 aliphatic rings. The molecule has 0 bridgehead atoms. The normalized spacial score (nSPS) is 28.5. The highest BCUT2D eigenvalue weighted by Gasteiger charge is 2.33. The smallest absolute Gasteiger partial charge is 0.223 e. The van der Waals surface area contributed by atoms with Crippen molar-refractivity contribution in [3.05, 3.63) is 11.7 Å². The molecule has 0 aliphatic carbocycles. The number of fused-ring (bicyclic) bond motifs is 1. The third-order valence-electron chi connectivity index (χ3n) is 4.82. The Labute approximate surface area is 121 Å². The van der Waals surface area contributed by atoms with E-state index < -0.39 is 0 Å². The van der Waals surface area contributed by atoms with E-state index in [1.165, 1.54) is 45.3 Å². The van der Waals surface area contributed by atoms with Crippen molar-refractivity contribution in [2.24, 2.45) is 0 Å². The molecule has 0 saturated carbocycles. The molecule has 112 valence electrons. The number of rotatable bonds is 4. The maximum atomic E-state index is 5.06. The van der Waals surface area contributed by atoms with Crippen molar-refractivity contribution >= 4 is 0 Å². The Hall–Kier alpha value is -0.940. The summed E-state index contributed by atoms with van der Waals surface area (Å²) in [5.74, 6) is 1.52. The van der Waals surface area contributed by atoms with E-state index in [1.807, 2.05) is 6.92 Å². The molecule has 2 unspecified atom stereocenters. The van der Waals surface area contributed by atoms with Gasteiger partial charge in [0.2, 0.25) is 5.89 Å². The number of hydrogen-bond acceptors (Lipinski definition) is 5. The fraction of sp³-hybridized carbons (Fsp3) is 0.867. The zero-order valence-electron chi connectivity index (χ0n) is 12.7. The average Bonchev–Trinajstić information content (AvgIpc) is 2.89. The topological polar surface area (TPSA) is 45.4 Å². The van der Waals surface area contributed by atoms with Gasteiger partial charge in [-0.2, -0.15) is 4.98 Å². The van der Waals surface area contributed by atoms with Gasteiger partial charge in [0.15, 0.2) is 5.82 Å². The monoisotopic (exact) mass is 278 g/mol. The first-order valence-electron chi connectivity index (χ1n) is 8.03. The second kappa shape index (κ2) is 6.22. The van der Waals surface area contributed by atoms with E-state index in [1.54, 1.807) is 0 Å². The van der Waals surface area contributed by atoms with Gasteiger partial charge in [0.1, 0.15) is 0 Å². The Morgan fingerprint density at radius 1 is 1.30 bits per heavy atom. The van der Waals surface area contributed by atoms with E-state index in [0.29, 0.717) is 11.9 Å². The molecular formula is C15H26N4O. The Balaban J connectivity index is 1.58. The van der Waals surface area contributed by atoms with Crippen LogP contribution in [0, 0.1) is 6.92 Å². The molecule has 2 saturated heterocycles. The van der Waals surface area contributed by atoms with Crippen LogP contribution in [0.25, 0.3) is 0 Å². The summed E-state index contributed by atoms with van der Waals surface area (Å²) in [6, 6.07) is 1.47. The lowest BCUT2D eigenvalue weighted by Gasteiger charge is -2.48. The van der Waals surface area contributed by atoms with Gasteiger partial charge in [-0.05, 0) is 25.8 Å².